The summed E-state index contributed by atoms with van der Waals surface area (Å²) in [5.41, 5.74) is -0.772. The van der Waals surface area contributed by atoms with Crippen LogP contribution in [0.15, 0.2) is 34.6 Å². The van der Waals surface area contributed by atoms with Gasteiger partial charge in [-0.2, -0.15) is 22.7 Å². The minimum Gasteiger partial charge on any atom is -0.378 e. The molecule has 5 heterocycles. The molecule has 3 aromatic heterocycles. The highest BCUT2D eigenvalue weighted by Gasteiger charge is 2.33. The second-order valence-electron chi connectivity index (χ2n) is 11.1. The Bertz CT molecular complexity index is 1940. The first-order valence-corrected chi connectivity index (χ1v) is 16.5. The molecule has 0 bridgehead atoms. The number of morpholine rings is 1. The number of benzene rings is 1. The van der Waals surface area contributed by atoms with Crippen molar-refractivity contribution in [3.05, 3.63) is 56.4 Å². The van der Waals surface area contributed by atoms with Crippen LogP contribution in [0, 0.1) is 0 Å². The lowest BCUT2D eigenvalue weighted by Gasteiger charge is -2.36. The van der Waals surface area contributed by atoms with Crippen LogP contribution < -0.4 is 26.0 Å². The molecule has 2 N–H and O–H groups in total. The maximum atomic E-state index is 14.1. The highest BCUT2D eigenvalue weighted by molar-refractivity contribution is 7.13. The molecule has 4 aromatic rings. The zero-order valence-corrected chi connectivity index (χ0v) is 27.6. The second kappa shape index (κ2) is 14.0. The maximum absolute atomic E-state index is 14.1. The largest absolute Gasteiger partial charge is 0.416 e. The topological polar surface area (TPSA) is 159 Å². The van der Waals surface area contributed by atoms with E-state index in [1.807, 2.05) is 4.90 Å². The number of nitrogens with one attached hydrogen (secondary N) is 2. The Hall–Kier alpha value is -4.75. The predicted octanol–water partition coefficient (Wildman–Crippen LogP) is 2.34. The van der Waals surface area contributed by atoms with Gasteiger partial charge >= 0.3 is 18.0 Å². The van der Waals surface area contributed by atoms with Crippen LogP contribution in [0.4, 0.5) is 35.6 Å². The Labute approximate surface area is 285 Å². The van der Waals surface area contributed by atoms with Gasteiger partial charge in [0.2, 0.25) is 17.6 Å². The number of fused-ring (bicyclic) bond motifs is 1. The number of rotatable bonds is 7. The van der Waals surface area contributed by atoms with Crippen LogP contribution in [0.3, 0.4) is 0 Å². The molecule has 1 aromatic carbocycles. The summed E-state index contributed by atoms with van der Waals surface area (Å²) >= 11 is 7.27. The summed E-state index contributed by atoms with van der Waals surface area (Å²) in [6, 6.07) is 2.61. The summed E-state index contributed by atoms with van der Waals surface area (Å²) in [5, 5.41) is 11.2. The first kappa shape index (κ1) is 34.1. The SMILES string of the molecule is CCc1c(N2CCN(C(=O)C(=O)Nc3nccs3)CC2)c(=O)n2nc(N3CCOCC3)nc2n1CC(=O)Nc1ccc(C(F)(F)F)cc1Cl. The van der Waals surface area contributed by atoms with Crippen molar-refractivity contribution in [2.75, 3.05) is 72.9 Å². The molecule has 0 unspecified atom stereocenters. The van der Waals surface area contributed by atoms with Gasteiger partial charge in [-0.3, -0.25) is 24.5 Å². The van der Waals surface area contributed by atoms with Crippen LogP contribution in [0.1, 0.15) is 18.2 Å². The van der Waals surface area contributed by atoms with Crippen molar-refractivity contribution in [2.45, 2.75) is 26.1 Å². The van der Waals surface area contributed by atoms with Crippen molar-refractivity contribution in [3.8, 4) is 0 Å². The predicted molar refractivity (Wildman–Crippen MR) is 174 cm³/mol. The number of halogens is 4. The van der Waals surface area contributed by atoms with E-state index in [0.717, 1.165) is 22.7 Å². The Morgan fingerprint density at radius 2 is 1.78 bits per heavy atom. The monoisotopic (exact) mass is 722 g/mol. The number of thiazole rings is 1. The summed E-state index contributed by atoms with van der Waals surface area (Å²) in [4.78, 5) is 66.5. The molecule has 260 valence electrons. The van der Waals surface area contributed by atoms with Gasteiger partial charge in [-0.05, 0) is 24.6 Å². The van der Waals surface area contributed by atoms with E-state index in [4.69, 9.17) is 16.3 Å². The third-order valence-corrected chi connectivity index (χ3v) is 9.05. The molecule has 0 saturated carbocycles. The zero-order chi connectivity index (χ0) is 34.9. The lowest BCUT2D eigenvalue weighted by Crippen LogP contribution is -2.53. The molecule has 0 spiro atoms. The fraction of sp³-hybridized carbons (Fsp3) is 0.414. The van der Waals surface area contributed by atoms with Gasteiger partial charge in [0.1, 0.15) is 12.2 Å². The summed E-state index contributed by atoms with van der Waals surface area (Å²) < 4.78 is 47.6. The van der Waals surface area contributed by atoms with Crippen LogP contribution in [0.25, 0.3) is 5.78 Å². The number of aromatic nitrogens is 5. The molecule has 2 saturated heterocycles. The molecular formula is C29H30ClF3N10O5S. The third-order valence-electron chi connectivity index (χ3n) is 8.05. The average Bonchev–Trinajstić information content (AvgIpc) is 3.77. The highest BCUT2D eigenvalue weighted by atomic mass is 35.5. The number of nitrogens with zero attached hydrogens (tertiary/aromatic N) is 8. The van der Waals surface area contributed by atoms with Gasteiger partial charge in [0.05, 0.1) is 35.2 Å². The molecule has 0 radical (unpaired) electrons. The summed E-state index contributed by atoms with van der Waals surface area (Å²) in [6.07, 6.45) is -2.83. The van der Waals surface area contributed by atoms with Crippen LogP contribution in [-0.4, -0.2) is 99.3 Å². The number of alkyl halides is 3. The fourth-order valence-corrected chi connectivity index (χ4v) is 6.41. The lowest BCUT2D eigenvalue weighted by molar-refractivity contribution is -0.143. The third kappa shape index (κ3) is 7.18. The second-order valence-corrected chi connectivity index (χ2v) is 12.4. The number of carbonyl (C=O) groups excluding carboxylic acids is 3. The number of anilines is 4. The molecule has 0 atom stereocenters. The van der Waals surface area contributed by atoms with Gasteiger partial charge in [0.25, 0.3) is 5.56 Å². The van der Waals surface area contributed by atoms with Gasteiger partial charge in [0.15, 0.2) is 5.13 Å². The number of carbonyl (C=O) groups is 3. The van der Waals surface area contributed by atoms with Crippen LogP contribution in [-0.2, 0) is 38.3 Å². The van der Waals surface area contributed by atoms with Gasteiger partial charge in [-0.25, -0.2) is 4.98 Å². The van der Waals surface area contributed by atoms with E-state index in [0.29, 0.717) is 37.1 Å². The first-order valence-electron chi connectivity index (χ1n) is 15.2. The molecule has 49 heavy (non-hydrogen) atoms. The standard InChI is InChI=1S/C29H30ClF3N10O5S/c1-2-20-22(39-6-8-40(9-7-39)25(47)23(45)36-27-34-5-14-49-27)24(46)43-28(37-26(38-43)41-10-12-48-13-11-41)42(20)16-21(44)35-19-4-3-17(15-18(19)30)29(31,32)33/h3-5,14-15H,2,6-13,16H2,1H3,(H,35,44)(H,34,36,45). The smallest absolute Gasteiger partial charge is 0.378 e. The first-order chi connectivity index (χ1) is 23.4. The Balaban J connectivity index is 1.30. The van der Waals surface area contributed by atoms with E-state index in [2.05, 4.69) is 25.7 Å². The van der Waals surface area contributed by atoms with Crippen molar-refractivity contribution >= 4 is 68.9 Å². The van der Waals surface area contributed by atoms with E-state index in [1.165, 1.54) is 22.4 Å². The number of piperazine rings is 1. The minimum absolute atomic E-state index is 0.0230. The normalized spacial score (nSPS) is 15.5. The highest BCUT2D eigenvalue weighted by Crippen LogP contribution is 2.34. The Morgan fingerprint density at radius 1 is 1.04 bits per heavy atom. The molecule has 15 nitrogen and oxygen atoms in total. The number of hydrogen-bond donors (Lipinski definition) is 2. The number of ether oxygens (including phenoxy) is 1. The van der Waals surface area contributed by atoms with Crippen molar-refractivity contribution in [3.63, 3.8) is 0 Å². The molecule has 2 aliphatic heterocycles. The lowest BCUT2D eigenvalue weighted by atomic mass is 10.2. The van der Waals surface area contributed by atoms with E-state index in [-0.39, 0.29) is 67.3 Å². The van der Waals surface area contributed by atoms with Crippen LogP contribution in [0.2, 0.25) is 5.02 Å². The average molecular weight is 723 g/mol. The van der Waals surface area contributed by atoms with Crippen LogP contribution in [0.5, 0.6) is 0 Å². The van der Waals surface area contributed by atoms with Gasteiger partial charge in [-0.1, -0.05) is 18.5 Å². The molecule has 0 aliphatic carbocycles. The maximum Gasteiger partial charge on any atom is 0.416 e. The van der Waals surface area contributed by atoms with Crippen molar-refractivity contribution < 1.29 is 32.3 Å². The van der Waals surface area contributed by atoms with Crippen molar-refractivity contribution in [1.29, 1.82) is 0 Å². The van der Waals surface area contributed by atoms with Crippen molar-refractivity contribution in [2.24, 2.45) is 0 Å². The molecule has 20 heteroatoms. The fourth-order valence-electron chi connectivity index (χ4n) is 5.65. The summed E-state index contributed by atoms with van der Waals surface area (Å²) in [7, 11) is 0. The van der Waals surface area contributed by atoms with Crippen LogP contribution >= 0.6 is 22.9 Å². The molecular weight excluding hydrogens is 693 g/mol. The van der Waals surface area contributed by atoms with E-state index in [9.17, 15) is 32.3 Å². The number of hydrogen-bond acceptors (Lipinski definition) is 11. The summed E-state index contributed by atoms with van der Waals surface area (Å²) in [6.45, 7) is 3.92. The number of amides is 3. The van der Waals surface area contributed by atoms with Gasteiger partial charge in [0, 0.05) is 50.8 Å². The van der Waals surface area contributed by atoms with E-state index in [1.54, 1.807) is 21.8 Å². The quantitative estimate of drug-likeness (QED) is 0.271. The van der Waals surface area contributed by atoms with Crippen molar-refractivity contribution in [1.82, 2.24) is 29.0 Å². The molecule has 2 aliphatic rings. The van der Waals surface area contributed by atoms with Gasteiger partial charge < -0.3 is 29.3 Å². The van der Waals surface area contributed by atoms with E-state index >= 15 is 0 Å². The minimum atomic E-state index is -4.61. The van der Waals surface area contributed by atoms with E-state index < -0.39 is 35.0 Å². The molecule has 2 fully saturated rings. The zero-order valence-electron chi connectivity index (χ0n) is 26.0. The molecule has 3 amide bonds. The molecule has 6 rings (SSSR count). The van der Waals surface area contributed by atoms with Gasteiger partial charge in [-0.15, -0.1) is 16.4 Å². The summed E-state index contributed by atoms with van der Waals surface area (Å²) in [5.74, 6) is -1.83. The Kier molecular flexibility index (Phi) is 9.75. The Morgan fingerprint density at radius 3 is 2.41 bits per heavy atom.